The SMILES string of the molecule is COc1ccccc1NC(=O)c1cc2ccccc2c(N=Nc2ccc([N+](=O)[O-])cc2)c1O. The van der Waals surface area contributed by atoms with E-state index in [1.165, 1.54) is 31.4 Å². The molecule has 0 fully saturated rings. The Bertz CT molecular complexity index is 1380. The van der Waals surface area contributed by atoms with Crippen molar-refractivity contribution in [2.75, 3.05) is 12.4 Å². The minimum atomic E-state index is -0.547. The normalized spacial score (nSPS) is 10.9. The predicted octanol–water partition coefficient (Wildman–Crippen LogP) is 6.13. The number of phenolic OH excluding ortho intramolecular Hbond substituents is 1. The van der Waals surface area contributed by atoms with Gasteiger partial charge in [0, 0.05) is 17.5 Å². The number of carbonyl (C=O) groups is 1. The summed E-state index contributed by atoms with van der Waals surface area (Å²) in [4.78, 5) is 23.3. The molecular formula is C24H18N4O5. The molecule has 0 bridgehead atoms. The second-order valence-electron chi connectivity index (χ2n) is 6.97. The molecule has 0 atom stereocenters. The van der Waals surface area contributed by atoms with Crippen molar-refractivity contribution in [2.24, 2.45) is 10.2 Å². The van der Waals surface area contributed by atoms with Crippen molar-refractivity contribution in [3.05, 3.63) is 94.5 Å². The molecule has 0 heterocycles. The number of nitro benzene ring substituents is 1. The summed E-state index contributed by atoms with van der Waals surface area (Å²) in [5, 5.41) is 34.0. The summed E-state index contributed by atoms with van der Waals surface area (Å²) in [5.41, 5.74) is 0.853. The first-order chi connectivity index (χ1) is 16.0. The molecule has 0 saturated carbocycles. The van der Waals surface area contributed by atoms with Gasteiger partial charge < -0.3 is 15.2 Å². The first kappa shape index (κ1) is 21.4. The summed E-state index contributed by atoms with van der Waals surface area (Å²) in [7, 11) is 1.50. The van der Waals surface area contributed by atoms with Gasteiger partial charge in [0.15, 0.2) is 5.75 Å². The van der Waals surface area contributed by atoms with Gasteiger partial charge in [-0.05, 0) is 35.7 Å². The highest BCUT2D eigenvalue weighted by atomic mass is 16.6. The first-order valence-electron chi connectivity index (χ1n) is 9.83. The number of amides is 1. The Labute approximate surface area is 188 Å². The molecule has 0 aliphatic heterocycles. The number of benzene rings is 4. The number of hydrogen-bond donors (Lipinski definition) is 2. The van der Waals surface area contributed by atoms with Gasteiger partial charge in [-0.1, -0.05) is 36.4 Å². The van der Waals surface area contributed by atoms with Crippen molar-refractivity contribution in [3.8, 4) is 11.5 Å². The number of nitrogens with one attached hydrogen (secondary N) is 1. The van der Waals surface area contributed by atoms with Crippen LogP contribution in [0.5, 0.6) is 11.5 Å². The van der Waals surface area contributed by atoms with E-state index >= 15 is 0 Å². The number of non-ortho nitro benzene ring substituents is 1. The number of nitrogens with zero attached hydrogens (tertiary/aromatic N) is 3. The van der Waals surface area contributed by atoms with Crippen LogP contribution in [-0.4, -0.2) is 23.0 Å². The molecule has 0 saturated heterocycles. The Morgan fingerprint density at radius 1 is 1.00 bits per heavy atom. The van der Waals surface area contributed by atoms with Crippen LogP contribution >= 0.6 is 0 Å². The predicted molar refractivity (Wildman–Crippen MR) is 124 cm³/mol. The summed E-state index contributed by atoms with van der Waals surface area (Å²) in [5.74, 6) is -0.412. The van der Waals surface area contributed by atoms with Gasteiger partial charge in [-0.2, -0.15) is 5.11 Å². The average Bonchev–Trinajstić information content (AvgIpc) is 2.83. The molecule has 0 spiro atoms. The Balaban J connectivity index is 1.74. The van der Waals surface area contributed by atoms with E-state index in [2.05, 4.69) is 15.5 Å². The molecule has 9 nitrogen and oxygen atoms in total. The number of rotatable bonds is 6. The maximum atomic E-state index is 13.0. The van der Waals surface area contributed by atoms with Crippen molar-refractivity contribution in [2.45, 2.75) is 0 Å². The fourth-order valence-electron chi connectivity index (χ4n) is 3.28. The Hall–Kier alpha value is -4.79. The topological polar surface area (TPSA) is 126 Å². The molecule has 2 N–H and O–H groups in total. The summed E-state index contributed by atoms with van der Waals surface area (Å²) in [6.07, 6.45) is 0. The molecular weight excluding hydrogens is 424 g/mol. The molecule has 4 rings (SSSR count). The third-order valence-corrected chi connectivity index (χ3v) is 4.92. The lowest BCUT2D eigenvalue weighted by atomic mass is 10.0. The van der Waals surface area contributed by atoms with Gasteiger partial charge >= 0.3 is 0 Å². The third-order valence-electron chi connectivity index (χ3n) is 4.92. The minimum absolute atomic E-state index is 0.0113. The number of ether oxygens (including phenoxy) is 1. The van der Waals surface area contributed by atoms with Gasteiger partial charge in [-0.25, -0.2) is 0 Å². The van der Waals surface area contributed by atoms with Crippen LogP contribution < -0.4 is 10.1 Å². The Morgan fingerprint density at radius 2 is 1.70 bits per heavy atom. The molecule has 0 aliphatic rings. The highest BCUT2D eigenvalue weighted by Gasteiger charge is 2.19. The molecule has 4 aromatic rings. The van der Waals surface area contributed by atoms with Crippen LogP contribution in [0.15, 0.2) is 89.1 Å². The van der Waals surface area contributed by atoms with Crippen molar-refractivity contribution >= 4 is 39.4 Å². The quantitative estimate of drug-likeness (QED) is 0.211. The average molecular weight is 442 g/mol. The van der Waals surface area contributed by atoms with Crippen LogP contribution in [0.3, 0.4) is 0 Å². The molecule has 4 aromatic carbocycles. The van der Waals surface area contributed by atoms with Crippen LogP contribution in [0, 0.1) is 10.1 Å². The zero-order chi connectivity index (χ0) is 23.4. The monoisotopic (exact) mass is 442 g/mol. The molecule has 164 valence electrons. The number of azo groups is 1. The lowest BCUT2D eigenvalue weighted by molar-refractivity contribution is -0.384. The van der Waals surface area contributed by atoms with E-state index in [-0.39, 0.29) is 22.7 Å². The first-order valence-corrected chi connectivity index (χ1v) is 9.83. The minimum Gasteiger partial charge on any atom is -0.505 e. The van der Waals surface area contributed by atoms with Gasteiger partial charge in [0.25, 0.3) is 11.6 Å². The van der Waals surface area contributed by atoms with E-state index in [0.717, 1.165) is 0 Å². The maximum absolute atomic E-state index is 13.0. The van der Waals surface area contributed by atoms with Gasteiger partial charge in [-0.3, -0.25) is 14.9 Å². The van der Waals surface area contributed by atoms with E-state index in [9.17, 15) is 20.0 Å². The van der Waals surface area contributed by atoms with Crippen molar-refractivity contribution < 1.29 is 19.6 Å². The van der Waals surface area contributed by atoms with Gasteiger partial charge in [0.1, 0.15) is 11.4 Å². The zero-order valence-electron chi connectivity index (χ0n) is 17.4. The van der Waals surface area contributed by atoms with Gasteiger partial charge in [0.05, 0.1) is 29.0 Å². The van der Waals surface area contributed by atoms with E-state index < -0.39 is 10.8 Å². The second kappa shape index (κ2) is 9.15. The van der Waals surface area contributed by atoms with Crippen molar-refractivity contribution in [1.29, 1.82) is 0 Å². The largest absolute Gasteiger partial charge is 0.505 e. The summed E-state index contributed by atoms with van der Waals surface area (Å²) < 4.78 is 5.26. The highest BCUT2D eigenvalue weighted by Crippen LogP contribution is 2.40. The number of para-hydroxylation sites is 2. The maximum Gasteiger partial charge on any atom is 0.269 e. The standard InChI is InChI=1S/C24H18N4O5/c1-33-21-9-5-4-8-20(21)25-24(30)19-14-15-6-2-3-7-18(15)22(23(19)29)27-26-16-10-12-17(13-11-16)28(31)32/h2-14,29H,1H3,(H,25,30). The summed E-state index contributed by atoms with van der Waals surface area (Å²) in [6.45, 7) is 0. The van der Waals surface area contributed by atoms with Crippen LogP contribution in [0.2, 0.25) is 0 Å². The molecule has 1 amide bonds. The van der Waals surface area contributed by atoms with Gasteiger partial charge in [0.2, 0.25) is 0 Å². The smallest absolute Gasteiger partial charge is 0.269 e. The number of nitro groups is 1. The zero-order valence-corrected chi connectivity index (χ0v) is 17.4. The number of fused-ring (bicyclic) bond motifs is 1. The van der Waals surface area contributed by atoms with Crippen molar-refractivity contribution in [3.63, 3.8) is 0 Å². The molecule has 0 aliphatic carbocycles. The number of anilines is 1. The van der Waals surface area contributed by atoms with Crippen molar-refractivity contribution in [1.82, 2.24) is 0 Å². The Morgan fingerprint density at radius 3 is 2.42 bits per heavy atom. The number of carbonyl (C=O) groups excluding carboxylic acids is 1. The van der Waals surface area contributed by atoms with Gasteiger partial charge in [-0.15, -0.1) is 5.11 Å². The second-order valence-corrected chi connectivity index (χ2v) is 6.97. The number of hydrogen-bond acceptors (Lipinski definition) is 7. The molecule has 0 unspecified atom stereocenters. The lowest BCUT2D eigenvalue weighted by Crippen LogP contribution is -2.13. The third kappa shape index (κ3) is 4.47. The highest BCUT2D eigenvalue weighted by molar-refractivity contribution is 6.12. The number of phenols is 1. The van der Waals surface area contributed by atoms with E-state index in [4.69, 9.17) is 4.74 Å². The Kier molecular flexibility index (Phi) is 5.94. The molecule has 33 heavy (non-hydrogen) atoms. The van der Waals surface area contributed by atoms with Crippen LogP contribution in [0.25, 0.3) is 10.8 Å². The summed E-state index contributed by atoms with van der Waals surface area (Å²) >= 11 is 0. The lowest BCUT2D eigenvalue weighted by Gasteiger charge is -2.13. The number of aromatic hydroxyl groups is 1. The van der Waals surface area contributed by atoms with E-state index in [0.29, 0.717) is 27.9 Å². The fraction of sp³-hybridized carbons (Fsp3) is 0.0417. The number of methoxy groups -OCH3 is 1. The molecule has 9 heteroatoms. The van der Waals surface area contributed by atoms with E-state index in [1.807, 2.05) is 0 Å². The molecule has 0 radical (unpaired) electrons. The van der Waals surface area contributed by atoms with Crippen LogP contribution in [0.4, 0.5) is 22.7 Å². The fourth-order valence-corrected chi connectivity index (χ4v) is 3.28. The van der Waals surface area contributed by atoms with E-state index in [1.54, 1.807) is 54.6 Å². The van der Waals surface area contributed by atoms with Crippen LogP contribution in [-0.2, 0) is 0 Å². The molecule has 0 aromatic heterocycles. The summed E-state index contributed by atoms with van der Waals surface area (Å²) in [6, 6.07) is 21.1. The van der Waals surface area contributed by atoms with Crippen LogP contribution in [0.1, 0.15) is 10.4 Å².